The lowest BCUT2D eigenvalue weighted by Gasteiger charge is -2.44. The number of rotatable bonds is 21. The van der Waals surface area contributed by atoms with Gasteiger partial charge in [0.25, 0.3) is 0 Å². The van der Waals surface area contributed by atoms with E-state index in [1.54, 1.807) is 0 Å². The van der Waals surface area contributed by atoms with Crippen molar-refractivity contribution in [2.75, 3.05) is 19.6 Å². The highest BCUT2D eigenvalue weighted by molar-refractivity contribution is 5.72. The van der Waals surface area contributed by atoms with Gasteiger partial charge in [-0.05, 0) is 44.9 Å². The van der Waals surface area contributed by atoms with Crippen molar-refractivity contribution in [1.29, 1.82) is 0 Å². The van der Waals surface area contributed by atoms with Crippen molar-refractivity contribution >= 4 is 5.97 Å². The SMILES string of the molecule is CCCCCC[N+](CCCCCC)(CCCCCC)C(CCCCC)C(=O)O. The van der Waals surface area contributed by atoms with Gasteiger partial charge in [0.2, 0.25) is 0 Å². The molecule has 0 radical (unpaired) electrons. The third-order valence-corrected chi connectivity index (χ3v) is 6.40. The molecule has 168 valence electrons. The summed E-state index contributed by atoms with van der Waals surface area (Å²) in [6, 6.07) is -0.198. The Morgan fingerprint density at radius 2 is 0.964 bits per heavy atom. The predicted molar refractivity (Wildman–Crippen MR) is 123 cm³/mol. The van der Waals surface area contributed by atoms with Crippen LogP contribution in [0.1, 0.15) is 130 Å². The van der Waals surface area contributed by atoms with Crippen molar-refractivity contribution in [2.45, 2.75) is 136 Å². The molecule has 0 heterocycles. The van der Waals surface area contributed by atoms with E-state index in [4.69, 9.17) is 0 Å². The van der Waals surface area contributed by atoms with Crippen molar-refractivity contribution in [3.8, 4) is 0 Å². The van der Waals surface area contributed by atoms with Gasteiger partial charge in [-0.25, -0.2) is 4.79 Å². The van der Waals surface area contributed by atoms with Gasteiger partial charge in [-0.1, -0.05) is 79.1 Å². The molecule has 1 N–H and O–H groups in total. The molecular weight excluding hydrogens is 346 g/mol. The highest BCUT2D eigenvalue weighted by atomic mass is 16.4. The molecule has 0 bridgehead atoms. The molecule has 28 heavy (non-hydrogen) atoms. The van der Waals surface area contributed by atoms with Crippen LogP contribution < -0.4 is 0 Å². The summed E-state index contributed by atoms with van der Waals surface area (Å²) in [5.41, 5.74) is 0. The predicted octanol–water partition coefficient (Wildman–Crippen LogP) is 7.58. The average molecular weight is 399 g/mol. The minimum atomic E-state index is -0.544. The Balaban J connectivity index is 5.34. The second-order valence-electron chi connectivity index (χ2n) is 8.92. The first-order valence-electron chi connectivity index (χ1n) is 12.7. The summed E-state index contributed by atoms with van der Waals surface area (Å²) in [5.74, 6) is -0.544. The monoisotopic (exact) mass is 398 g/mol. The molecule has 0 spiro atoms. The first-order valence-corrected chi connectivity index (χ1v) is 12.7. The third-order valence-electron chi connectivity index (χ3n) is 6.40. The molecule has 3 heteroatoms. The zero-order valence-corrected chi connectivity index (χ0v) is 19.8. The Morgan fingerprint density at radius 3 is 1.29 bits per heavy atom. The lowest BCUT2D eigenvalue weighted by Crippen LogP contribution is -2.60. The zero-order valence-electron chi connectivity index (χ0n) is 19.8. The quantitative estimate of drug-likeness (QED) is 0.160. The van der Waals surface area contributed by atoms with Crippen molar-refractivity contribution in [1.82, 2.24) is 0 Å². The molecule has 3 nitrogen and oxygen atoms in total. The van der Waals surface area contributed by atoms with E-state index in [1.807, 2.05) is 0 Å². The van der Waals surface area contributed by atoms with Gasteiger partial charge in [0.05, 0.1) is 19.6 Å². The van der Waals surface area contributed by atoms with E-state index >= 15 is 0 Å². The summed E-state index contributed by atoms with van der Waals surface area (Å²) in [6.07, 6.45) is 19.1. The fourth-order valence-corrected chi connectivity index (χ4v) is 4.58. The second-order valence-corrected chi connectivity index (χ2v) is 8.92. The number of unbranched alkanes of at least 4 members (excludes halogenated alkanes) is 11. The number of nitrogens with zero attached hydrogens (tertiary/aromatic N) is 1. The molecule has 0 aromatic heterocycles. The summed E-state index contributed by atoms with van der Waals surface area (Å²) < 4.78 is 0.857. The molecule has 0 saturated heterocycles. The molecule has 0 aromatic rings. The summed E-state index contributed by atoms with van der Waals surface area (Å²) in [6.45, 7) is 12.2. The van der Waals surface area contributed by atoms with Crippen LogP contribution in [-0.4, -0.2) is 41.2 Å². The van der Waals surface area contributed by atoms with Crippen molar-refractivity contribution < 1.29 is 14.4 Å². The van der Waals surface area contributed by atoms with Crippen LogP contribution >= 0.6 is 0 Å². The van der Waals surface area contributed by atoms with Gasteiger partial charge in [0.1, 0.15) is 0 Å². The maximum atomic E-state index is 12.4. The summed E-state index contributed by atoms with van der Waals surface area (Å²) in [7, 11) is 0. The maximum absolute atomic E-state index is 12.4. The molecule has 1 unspecified atom stereocenters. The van der Waals surface area contributed by atoms with Gasteiger partial charge in [-0.3, -0.25) is 0 Å². The van der Waals surface area contributed by atoms with Crippen LogP contribution in [0.15, 0.2) is 0 Å². The highest BCUT2D eigenvalue weighted by Gasteiger charge is 2.40. The number of quaternary nitrogens is 1. The van der Waals surface area contributed by atoms with E-state index in [2.05, 4.69) is 27.7 Å². The fraction of sp³-hybridized carbons (Fsp3) is 0.960. The lowest BCUT2D eigenvalue weighted by molar-refractivity contribution is -0.944. The van der Waals surface area contributed by atoms with Crippen molar-refractivity contribution in [3.05, 3.63) is 0 Å². The molecule has 1 atom stereocenters. The Labute approximate surface area is 176 Å². The summed E-state index contributed by atoms with van der Waals surface area (Å²) in [5, 5.41) is 10.2. The topological polar surface area (TPSA) is 37.3 Å². The lowest BCUT2D eigenvalue weighted by atomic mass is 9.99. The molecule has 0 aromatic carbocycles. The molecule has 0 aliphatic carbocycles. The second kappa shape index (κ2) is 18.5. The molecular formula is C25H52NO2+. The standard InChI is InChI=1S/C25H51NO2/c1-5-9-13-17-21-26(22-18-14-10-6-2,23-19-15-11-7-3)24(25(27)28)20-16-12-8-4/h24H,5-23H2,1-4H3/p+1. The van der Waals surface area contributed by atoms with E-state index in [0.29, 0.717) is 0 Å². The van der Waals surface area contributed by atoms with Gasteiger partial charge in [-0.2, -0.15) is 0 Å². The highest BCUT2D eigenvalue weighted by Crippen LogP contribution is 2.25. The molecule has 0 saturated carbocycles. The first-order chi connectivity index (χ1) is 13.6. The molecule has 0 amide bonds. The summed E-state index contributed by atoms with van der Waals surface area (Å²) >= 11 is 0. The maximum Gasteiger partial charge on any atom is 0.362 e. The largest absolute Gasteiger partial charge is 0.477 e. The van der Waals surface area contributed by atoms with Crippen LogP contribution in [-0.2, 0) is 4.79 Å². The molecule has 0 rings (SSSR count). The number of hydrogen-bond acceptors (Lipinski definition) is 1. The van der Waals surface area contributed by atoms with Crippen molar-refractivity contribution in [2.24, 2.45) is 0 Å². The average Bonchev–Trinajstić information content (AvgIpc) is 2.68. The number of hydrogen-bond donors (Lipinski definition) is 1. The van der Waals surface area contributed by atoms with E-state index in [-0.39, 0.29) is 6.04 Å². The Hall–Kier alpha value is -0.570. The first kappa shape index (κ1) is 27.4. The van der Waals surface area contributed by atoms with Crippen LogP contribution in [0, 0.1) is 0 Å². The molecule has 0 fully saturated rings. The smallest absolute Gasteiger partial charge is 0.362 e. The van der Waals surface area contributed by atoms with Crippen LogP contribution in [0.25, 0.3) is 0 Å². The van der Waals surface area contributed by atoms with Gasteiger partial charge in [0, 0.05) is 6.42 Å². The van der Waals surface area contributed by atoms with Gasteiger partial charge in [0.15, 0.2) is 6.04 Å². The van der Waals surface area contributed by atoms with E-state index in [1.165, 1.54) is 77.0 Å². The Bertz CT molecular complexity index is 325. The van der Waals surface area contributed by atoms with Gasteiger partial charge < -0.3 is 9.59 Å². The normalized spacial score (nSPS) is 13.0. The van der Waals surface area contributed by atoms with Crippen LogP contribution in [0.2, 0.25) is 0 Å². The molecule has 0 aliphatic rings. The summed E-state index contributed by atoms with van der Waals surface area (Å²) in [4.78, 5) is 12.4. The van der Waals surface area contributed by atoms with Crippen LogP contribution in [0.5, 0.6) is 0 Å². The Morgan fingerprint density at radius 1 is 0.607 bits per heavy atom. The van der Waals surface area contributed by atoms with E-state index in [0.717, 1.165) is 49.8 Å². The van der Waals surface area contributed by atoms with Gasteiger partial charge in [-0.15, -0.1) is 0 Å². The number of carbonyl (C=O) groups is 1. The third kappa shape index (κ3) is 12.1. The minimum Gasteiger partial charge on any atom is -0.477 e. The number of carboxylic acid groups (broad SMARTS) is 1. The number of aliphatic carboxylic acids is 1. The zero-order chi connectivity index (χ0) is 21.1. The molecule has 0 aliphatic heterocycles. The number of carboxylic acids is 1. The van der Waals surface area contributed by atoms with E-state index in [9.17, 15) is 9.90 Å². The van der Waals surface area contributed by atoms with Crippen LogP contribution in [0.3, 0.4) is 0 Å². The van der Waals surface area contributed by atoms with Crippen LogP contribution in [0.4, 0.5) is 0 Å². The minimum absolute atomic E-state index is 0.198. The van der Waals surface area contributed by atoms with E-state index < -0.39 is 5.97 Å². The fourth-order valence-electron chi connectivity index (χ4n) is 4.58. The Kier molecular flexibility index (Phi) is 18.1. The van der Waals surface area contributed by atoms with Gasteiger partial charge >= 0.3 is 5.97 Å². The van der Waals surface area contributed by atoms with Crippen molar-refractivity contribution in [3.63, 3.8) is 0 Å².